The predicted octanol–water partition coefficient (Wildman–Crippen LogP) is 3.34. The molecule has 1 aromatic heterocycles. The summed E-state index contributed by atoms with van der Waals surface area (Å²) in [4.78, 5) is 11.4. The van der Waals surface area contributed by atoms with Crippen molar-refractivity contribution in [2.45, 2.75) is 0 Å². The van der Waals surface area contributed by atoms with Gasteiger partial charge in [0.25, 0.3) is 5.91 Å². The Morgan fingerprint density at radius 3 is 2.77 bits per heavy atom. The van der Waals surface area contributed by atoms with Crippen LogP contribution in [0.1, 0.15) is 0 Å². The first-order valence-electron chi connectivity index (χ1n) is 6.88. The van der Waals surface area contributed by atoms with Gasteiger partial charge in [0.05, 0.1) is 5.69 Å². The first kappa shape index (κ1) is 12.6. The maximum absolute atomic E-state index is 11.4. The number of hydrogen-bond acceptors (Lipinski definition) is 4. The Morgan fingerprint density at radius 1 is 1.05 bits per heavy atom. The zero-order valence-corrected chi connectivity index (χ0v) is 11.6. The van der Waals surface area contributed by atoms with Crippen LogP contribution in [-0.4, -0.2) is 17.7 Å². The molecule has 1 amide bonds. The van der Waals surface area contributed by atoms with E-state index in [2.05, 4.69) is 10.5 Å². The average Bonchev–Trinajstić information content (AvgIpc) is 3.04. The summed E-state index contributed by atoms with van der Waals surface area (Å²) in [6, 6.07) is 15.5. The summed E-state index contributed by atoms with van der Waals surface area (Å²) >= 11 is 0. The van der Waals surface area contributed by atoms with E-state index in [1.807, 2.05) is 48.5 Å². The zero-order valence-electron chi connectivity index (χ0n) is 11.6. The predicted molar refractivity (Wildman–Crippen MR) is 81.5 cm³/mol. The second kappa shape index (κ2) is 5.04. The second-order valence-electron chi connectivity index (χ2n) is 4.99. The van der Waals surface area contributed by atoms with Gasteiger partial charge in [-0.25, -0.2) is 0 Å². The molecule has 5 heteroatoms. The van der Waals surface area contributed by atoms with E-state index >= 15 is 0 Å². The fraction of sp³-hybridized carbons (Fsp3) is 0.0588. The molecule has 4 rings (SSSR count). The number of benzene rings is 2. The fourth-order valence-electron chi connectivity index (χ4n) is 2.50. The van der Waals surface area contributed by atoms with E-state index in [-0.39, 0.29) is 12.5 Å². The molecule has 0 radical (unpaired) electrons. The van der Waals surface area contributed by atoms with E-state index in [0.29, 0.717) is 11.4 Å². The summed E-state index contributed by atoms with van der Waals surface area (Å²) in [5, 5.41) is 6.90. The van der Waals surface area contributed by atoms with Crippen molar-refractivity contribution in [2.75, 3.05) is 11.9 Å². The Labute approximate surface area is 126 Å². The number of anilines is 1. The number of amides is 1. The number of carbonyl (C=O) groups excluding carboxylic acids is 1. The second-order valence-corrected chi connectivity index (χ2v) is 4.99. The molecule has 108 valence electrons. The number of aromatic nitrogens is 1. The van der Waals surface area contributed by atoms with E-state index in [1.54, 1.807) is 6.26 Å². The smallest absolute Gasteiger partial charge is 0.262 e. The molecule has 1 N–H and O–H groups in total. The van der Waals surface area contributed by atoms with Gasteiger partial charge in [-0.05, 0) is 23.8 Å². The molecule has 2 aromatic carbocycles. The van der Waals surface area contributed by atoms with Crippen molar-refractivity contribution < 1.29 is 14.1 Å². The van der Waals surface area contributed by atoms with Crippen LogP contribution in [0.2, 0.25) is 0 Å². The summed E-state index contributed by atoms with van der Waals surface area (Å²) in [5.74, 6) is 0.501. The average molecular weight is 292 g/mol. The number of carbonyl (C=O) groups is 1. The van der Waals surface area contributed by atoms with Crippen LogP contribution in [0.15, 0.2) is 59.3 Å². The SMILES string of the molecule is O=C1COc2ccc(-c3nocc3-c3ccccc3)cc2N1. The quantitative estimate of drug-likeness (QED) is 0.786. The third-order valence-electron chi connectivity index (χ3n) is 3.54. The minimum atomic E-state index is -0.159. The minimum Gasteiger partial charge on any atom is -0.482 e. The lowest BCUT2D eigenvalue weighted by molar-refractivity contribution is -0.118. The molecule has 3 aromatic rings. The molecule has 0 aliphatic carbocycles. The highest BCUT2D eigenvalue weighted by Gasteiger charge is 2.18. The van der Waals surface area contributed by atoms with Gasteiger partial charge >= 0.3 is 0 Å². The molecule has 0 bridgehead atoms. The highest BCUT2D eigenvalue weighted by molar-refractivity contribution is 5.96. The Balaban J connectivity index is 1.79. The Morgan fingerprint density at radius 2 is 1.91 bits per heavy atom. The van der Waals surface area contributed by atoms with Crippen LogP contribution in [0.3, 0.4) is 0 Å². The molecule has 5 nitrogen and oxygen atoms in total. The molecule has 0 saturated heterocycles. The van der Waals surface area contributed by atoms with Gasteiger partial charge in [-0.1, -0.05) is 35.5 Å². The van der Waals surface area contributed by atoms with Crippen molar-refractivity contribution in [3.63, 3.8) is 0 Å². The van der Waals surface area contributed by atoms with Crippen LogP contribution in [-0.2, 0) is 4.79 Å². The normalized spacial score (nSPS) is 13.2. The van der Waals surface area contributed by atoms with E-state index < -0.39 is 0 Å². The highest BCUT2D eigenvalue weighted by atomic mass is 16.5. The standard InChI is InChI=1S/C17H12N2O3/c20-16-10-21-15-7-6-12(8-14(15)18-16)17-13(9-22-19-17)11-4-2-1-3-5-11/h1-9H,10H2,(H,18,20). The summed E-state index contributed by atoms with van der Waals surface area (Å²) in [5.41, 5.74) is 4.17. The van der Waals surface area contributed by atoms with Gasteiger partial charge in [-0.3, -0.25) is 4.79 Å². The molecular weight excluding hydrogens is 280 g/mol. The fourth-order valence-corrected chi connectivity index (χ4v) is 2.50. The van der Waals surface area contributed by atoms with Gasteiger partial charge in [0.1, 0.15) is 17.7 Å². The van der Waals surface area contributed by atoms with Crippen LogP contribution in [0.5, 0.6) is 5.75 Å². The Kier molecular flexibility index (Phi) is 2.89. The van der Waals surface area contributed by atoms with Gasteiger partial charge in [-0.2, -0.15) is 0 Å². The van der Waals surface area contributed by atoms with Crippen LogP contribution in [0.25, 0.3) is 22.4 Å². The molecule has 0 unspecified atom stereocenters. The summed E-state index contributed by atoms with van der Waals surface area (Å²) in [6.45, 7) is 0.0472. The van der Waals surface area contributed by atoms with E-state index in [0.717, 1.165) is 22.4 Å². The van der Waals surface area contributed by atoms with Crippen LogP contribution >= 0.6 is 0 Å². The molecule has 0 fully saturated rings. The van der Waals surface area contributed by atoms with Crippen LogP contribution in [0.4, 0.5) is 5.69 Å². The van der Waals surface area contributed by atoms with Gasteiger partial charge in [0, 0.05) is 11.1 Å². The van der Waals surface area contributed by atoms with E-state index in [1.165, 1.54) is 0 Å². The van der Waals surface area contributed by atoms with Crippen molar-refractivity contribution in [1.82, 2.24) is 5.16 Å². The van der Waals surface area contributed by atoms with Gasteiger partial charge in [0.15, 0.2) is 6.61 Å². The molecular formula is C17H12N2O3. The summed E-state index contributed by atoms with van der Waals surface area (Å²) in [6.07, 6.45) is 1.62. The highest BCUT2D eigenvalue weighted by Crippen LogP contribution is 2.36. The number of rotatable bonds is 2. The van der Waals surface area contributed by atoms with E-state index in [9.17, 15) is 4.79 Å². The molecule has 1 aliphatic rings. The van der Waals surface area contributed by atoms with Gasteiger partial charge in [-0.15, -0.1) is 0 Å². The molecule has 1 aliphatic heterocycles. The van der Waals surface area contributed by atoms with Crippen molar-refractivity contribution >= 4 is 11.6 Å². The maximum Gasteiger partial charge on any atom is 0.262 e. The number of nitrogens with zero attached hydrogens (tertiary/aromatic N) is 1. The molecule has 22 heavy (non-hydrogen) atoms. The monoisotopic (exact) mass is 292 g/mol. The number of fused-ring (bicyclic) bond motifs is 1. The third-order valence-corrected chi connectivity index (χ3v) is 3.54. The molecule has 0 atom stereocenters. The number of ether oxygens (including phenoxy) is 1. The third kappa shape index (κ3) is 2.13. The van der Waals surface area contributed by atoms with Crippen molar-refractivity contribution in [1.29, 1.82) is 0 Å². The van der Waals surface area contributed by atoms with Crippen molar-refractivity contribution in [3.05, 3.63) is 54.8 Å². The summed E-state index contributed by atoms with van der Waals surface area (Å²) in [7, 11) is 0. The molecule has 0 spiro atoms. The minimum absolute atomic E-state index is 0.0472. The zero-order chi connectivity index (χ0) is 14.9. The maximum atomic E-state index is 11.4. The topological polar surface area (TPSA) is 64.4 Å². The molecule has 2 heterocycles. The van der Waals surface area contributed by atoms with Gasteiger partial charge in [0.2, 0.25) is 0 Å². The summed E-state index contributed by atoms with van der Waals surface area (Å²) < 4.78 is 10.5. The van der Waals surface area contributed by atoms with Gasteiger partial charge < -0.3 is 14.6 Å². The Hall–Kier alpha value is -3.08. The number of hydrogen-bond donors (Lipinski definition) is 1. The lowest BCUT2D eigenvalue weighted by atomic mass is 10.0. The van der Waals surface area contributed by atoms with Crippen LogP contribution < -0.4 is 10.1 Å². The lowest BCUT2D eigenvalue weighted by Crippen LogP contribution is -2.25. The van der Waals surface area contributed by atoms with Crippen molar-refractivity contribution in [3.8, 4) is 28.1 Å². The first-order chi connectivity index (χ1) is 10.8. The Bertz CT molecular complexity index is 840. The number of nitrogens with one attached hydrogen (secondary N) is 1. The van der Waals surface area contributed by atoms with Crippen LogP contribution in [0, 0.1) is 0 Å². The largest absolute Gasteiger partial charge is 0.482 e. The van der Waals surface area contributed by atoms with E-state index in [4.69, 9.17) is 9.26 Å². The lowest BCUT2D eigenvalue weighted by Gasteiger charge is -2.18. The first-order valence-corrected chi connectivity index (χ1v) is 6.88. The van der Waals surface area contributed by atoms with Crippen molar-refractivity contribution in [2.24, 2.45) is 0 Å². The molecule has 0 saturated carbocycles.